The van der Waals surface area contributed by atoms with Crippen molar-refractivity contribution in [2.24, 2.45) is 0 Å². The van der Waals surface area contributed by atoms with E-state index in [2.05, 4.69) is 0 Å². The van der Waals surface area contributed by atoms with Crippen molar-refractivity contribution in [3.05, 3.63) is 29.8 Å². The quantitative estimate of drug-likeness (QED) is 0.839. The van der Waals surface area contributed by atoms with Crippen LogP contribution in [-0.4, -0.2) is 36.1 Å². The summed E-state index contributed by atoms with van der Waals surface area (Å²) >= 11 is 0. The van der Waals surface area contributed by atoms with Crippen LogP contribution < -0.4 is 5.73 Å². The highest BCUT2D eigenvalue weighted by Crippen LogP contribution is 2.28. The molecule has 1 saturated heterocycles. The van der Waals surface area contributed by atoms with E-state index in [1.54, 1.807) is 0 Å². The molecular formula is C16H22N2O2. The molecule has 1 aliphatic carbocycles. The average Bonchev–Trinajstić information content (AvgIpc) is 2.49. The van der Waals surface area contributed by atoms with Crippen molar-refractivity contribution in [2.75, 3.05) is 18.9 Å². The normalized spacial score (nSPS) is 26.1. The summed E-state index contributed by atoms with van der Waals surface area (Å²) in [6, 6.07) is 7.87. The van der Waals surface area contributed by atoms with Crippen LogP contribution in [0.15, 0.2) is 24.3 Å². The van der Waals surface area contributed by atoms with Crippen molar-refractivity contribution >= 4 is 11.6 Å². The Morgan fingerprint density at radius 1 is 1.25 bits per heavy atom. The van der Waals surface area contributed by atoms with Gasteiger partial charge in [-0.05, 0) is 30.5 Å². The number of nitrogen functional groups attached to an aromatic ring is 1. The summed E-state index contributed by atoms with van der Waals surface area (Å²) in [5.74, 6) is 0.218. The Morgan fingerprint density at radius 2 is 2.00 bits per heavy atom. The molecule has 108 valence electrons. The van der Waals surface area contributed by atoms with Crippen LogP contribution in [0.3, 0.4) is 0 Å². The van der Waals surface area contributed by atoms with Crippen LogP contribution >= 0.6 is 0 Å². The van der Waals surface area contributed by atoms with E-state index in [-0.39, 0.29) is 12.0 Å². The molecule has 0 aromatic heterocycles. The minimum atomic E-state index is 0.218. The molecule has 1 heterocycles. The third-order valence-electron chi connectivity index (χ3n) is 4.39. The maximum atomic E-state index is 12.5. The van der Waals surface area contributed by atoms with Crippen molar-refractivity contribution < 1.29 is 9.53 Å². The van der Waals surface area contributed by atoms with Gasteiger partial charge in [0.25, 0.3) is 0 Å². The molecule has 20 heavy (non-hydrogen) atoms. The van der Waals surface area contributed by atoms with Gasteiger partial charge < -0.3 is 15.4 Å². The number of morpholine rings is 1. The number of nitrogens with zero attached hydrogens (tertiary/aromatic N) is 1. The second kappa shape index (κ2) is 5.83. The number of fused-ring (bicyclic) bond motifs is 1. The van der Waals surface area contributed by atoms with E-state index in [1.165, 1.54) is 12.8 Å². The molecule has 2 aliphatic rings. The second-order valence-corrected chi connectivity index (χ2v) is 5.77. The largest absolute Gasteiger partial charge is 0.399 e. The topological polar surface area (TPSA) is 55.6 Å². The Morgan fingerprint density at radius 3 is 2.80 bits per heavy atom. The van der Waals surface area contributed by atoms with Gasteiger partial charge in [-0.3, -0.25) is 4.79 Å². The molecule has 2 N–H and O–H groups in total. The first-order chi connectivity index (χ1) is 9.74. The lowest BCUT2D eigenvalue weighted by molar-refractivity contribution is -0.148. The third kappa shape index (κ3) is 2.80. The van der Waals surface area contributed by atoms with Gasteiger partial charge in [-0.15, -0.1) is 0 Å². The van der Waals surface area contributed by atoms with Crippen LogP contribution in [0.25, 0.3) is 0 Å². The van der Waals surface area contributed by atoms with E-state index in [0.29, 0.717) is 19.1 Å². The lowest BCUT2D eigenvalue weighted by Crippen LogP contribution is -2.55. The van der Waals surface area contributed by atoms with E-state index in [0.717, 1.165) is 30.6 Å². The number of anilines is 1. The molecule has 4 nitrogen and oxygen atoms in total. The first kappa shape index (κ1) is 13.4. The number of hydrogen-bond acceptors (Lipinski definition) is 3. The number of nitrogens with two attached hydrogens (primary N) is 1. The van der Waals surface area contributed by atoms with E-state index < -0.39 is 0 Å². The summed E-state index contributed by atoms with van der Waals surface area (Å²) in [5, 5.41) is 0. The highest BCUT2D eigenvalue weighted by Gasteiger charge is 2.36. The fraction of sp³-hybridized carbons (Fsp3) is 0.562. The standard InChI is InChI=1S/C16H22N2O2/c17-13-7-5-12(6-8-13)11-16(19)18-9-10-20-15-4-2-1-3-14(15)18/h5-8,14-15H,1-4,9-11,17H2. The van der Waals surface area contributed by atoms with Gasteiger partial charge in [0.2, 0.25) is 5.91 Å². The minimum absolute atomic E-state index is 0.218. The highest BCUT2D eigenvalue weighted by molar-refractivity contribution is 5.79. The van der Waals surface area contributed by atoms with Crippen LogP contribution in [0, 0.1) is 0 Å². The summed E-state index contributed by atoms with van der Waals surface area (Å²) in [5.41, 5.74) is 7.44. The van der Waals surface area contributed by atoms with Crippen LogP contribution in [0.2, 0.25) is 0 Å². The molecule has 1 amide bonds. The van der Waals surface area contributed by atoms with Gasteiger partial charge in [0.1, 0.15) is 0 Å². The molecule has 3 rings (SSSR count). The maximum Gasteiger partial charge on any atom is 0.227 e. The molecule has 2 fully saturated rings. The Bertz CT molecular complexity index is 470. The molecule has 4 heteroatoms. The van der Waals surface area contributed by atoms with Gasteiger partial charge in [0.15, 0.2) is 0 Å². The van der Waals surface area contributed by atoms with Gasteiger partial charge in [0.05, 0.1) is 25.2 Å². The Hall–Kier alpha value is -1.55. The Balaban J connectivity index is 1.67. The predicted octanol–water partition coefficient (Wildman–Crippen LogP) is 1.98. The number of benzene rings is 1. The summed E-state index contributed by atoms with van der Waals surface area (Å²) in [7, 11) is 0. The summed E-state index contributed by atoms with van der Waals surface area (Å²) in [4.78, 5) is 14.6. The van der Waals surface area contributed by atoms with Gasteiger partial charge in [0, 0.05) is 12.2 Å². The number of carbonyl (C=O) groups is 1. The van der Waals surface area contributed by atoms with E-state index >= 15 is 0 Å². The van der Waals surface area contributed by atoms with Crippen molar-refractivity contribution in [1.82, 2.24) is 4.90 Å². The van der Waals surface area contributed by atoms with Gasteiger partial charge in [-0.25, -0.2) is 0 Å². The minimum Gasteiger partial charge on any atom is -0.399 e. The number of ether oxygens (including phenoxy) is 1. The average molecular weight is 274 g/mol. The van der Waals surface area contributed by atoms with Crippen molar-refractivity contribution in [3.8, 4) is 0 Å². The van der Waals surface area contributed by atoms with Crippen LogP contribution in [0.5, 0.6) is 0 Å². The monoisotopic (exact) mass is 274 g/mol. The molecular weight excluding hydrogens is 252 g/mol. The van der Waals surface area contributed by atoms with Gasteiger partial charge in [-0.2, -0.15) is 0 Å². The van der Waals surface area contributed by atoms with Crippen LogP contribution in [0.1, 0.15) is 31.2 Å². The lowest BCUT2D eigenvalue weighted by Gasteiger charge is -2.43. The summed E-state index contributed by atoms with van der Waals surface area (Å²) < 4.78 is 5.82. The zero-order valence-electron chi connectivity index (χ0n) is 11.8. The first-order valence-electron chi connectivity index (χ1n) is 7.49. The Kier molecular flexibility index (Phi) is 3.92. The zero-order chi connectivity index (χ0) is 13.9. The summed E-state index contributed by atoms with van der Waals surface area (Å²) in [6.45, 7) is 1.41. The SMILES string of the molecule is Nc1ccc(CC(=O)N2CCOC3CCCCC32)cc1. The molecule has 1 aromatic carbocycles. The molecule has 0 radical (unpaired) electrons. The fourth-order valence-corrected chi connectivity index (χ4v) is 3.32. The number of rotatable bonds is 2. The van der Waals surface area contributed by atoms with E-state index in [1.807, 2.05) is 29.2 Å². The smallest absolute Gasteiger partial charge is 0.227 e. The number of amides is 1. The molecule has 1 saturated carbocycles. The second-order valence-electron chi connectivity index (χ2n) is 5.77. The Labute approximate surface area is 119 Å². The molecule has 0 bridgehead atoms. The van der Waals surface area contributed by atoms with Crippen LogP contribution in [0.4, 0.5) is 5.69 Å². The lowest BCUT2D eigenvalue weighted by atomic mass is 9.90. The van der Waals surface area contributed by atoms with Crippen LogP contribution in [-0.2, 0) is 16.0 Å². The van der Waals surface area contributed by atoms with E-state index in [9.17, 15) is 4.79 Å². The third-order valence-corrected chi connectivity index (χ3v) is 4.39. The zero-order valence-corrected chi connectivity index (χ0v) is 11.8. The summed E-state index contributed by atoms with van der Waals surface area (Å²) in [6.07, 6.45) is 5.32. The maximum absolute atomic E-state index is 12.5. The van der Waals surface area contributed by atoms with Crippen molar-refractivity contribution in [1.29, 1.82) is 0 Å². The molecule has 2 unspecified atom stereocenters. The number of hydrogen-bond donors (Lipinski definition) is 1. The molecule has 1 aliphatic heterocycles. The van der Waals surface area contributed by atoms with Gasteiger partial charge in [-0.1, -0.05) is 25.0 Å². The predicted molar refractivity (Wildman–Crippen MR) is 78.3 cm³/mol. The van der Waals surface area contributed by atoms with Crippen molar-refractivity contribution in [3.63, 3.8) is 0 Å². The van der Waals surface area contributed by atoms with E-state index in [4.69, 9.17) is 10.5 Å². The molecule has 0 spiro atoms. The first-order valence-corrected chi connectivity index (χ1v) is 7.49. The number of carbonyl (C=O) groups excluding carboxylic acids is 1. The fourth-order valence-electron chi connectivity index (χ4n) is 3.32. The van der Waals surface area contributed by atoms with Crippen molar-refractivity contribution in [2.45, 2.75) is 44.2 Å². The molecule has 2 atom stereocenters. The molecule has 1 aromatic rings. The highest BCUT2D eigenvalue weighted by atomic mass is 16.5. The van der Waals surface area contributed by atoms with Gasteiger partial charge >= 0.3 is 0 Å².